The van der Waals surface area contributed by atoms with E-state index in [1.165, 1.54) is 91.7 Å². The van der Waals surface area contributed by atoms with Crippen LogP contribution in [-0.2, 0) is 19.3 Å². The quantitative estimate of drug-likeness (QED) is 0.0369. The van der Waals surface area contributed by atoms with Gasteiger partial charge in [-0.15, -0.1) is 35.3 Å². The number of nitrogens with one attached hydrogen (secondary N) is 3. The third kappa shape index (κ3) is 38.3. The summed E-state index contributed by atoms with van der Waals surface area (Å²) in [7, 11) is 16.6. The Labute approximate surface area is 727 Å². The summed E-state index contributed by atoms with van der Waals surface area (Å²) in [6, 6.07) is 55.9. The van der Waals surface area contributed by atoms with Gasteiger partial charge in [0.15, 0.2) is 21.3 Å². The van der Waals surface area contributed by atoms with Crippen molar-refractivity contribution in [3.8, 4) is 23.0 Å². The Morgan fingerprint density at radius 3 is 1.28 bits per heavy atom. The van der Waals surface area contributed by atoms with E-state index in [0.717, 1.165) is 54.7 Å². The van der Waals surface area contributed by atoms with Gasteiger partial charge in [-0.2, -0.15) is 0 Å². The summed E-state index contributed by atoms with van der Waals surface area (Å²) in [6.45, 7) is 37.0. The van der Waals surface area contributed by atoms with Crippen molar-refractivity contribution >= 4 is 116 Å². The number of aromatic nitrogens is 4. The fourth-order valence-corrected chi connectivity index (χ4v) is 13.0. The lowest BCUT2D eigenvalue weighted by Gasteiger charge is -2.34. The van der Waals surface area contributed by atoms with Crippen LogP contribution >= 0.6 is 70.1 Å². The molecule has 0 amide bonds. The first-order valence-electron chi connectivity index (χ1n) is 39.6. The molecule has 7 aromatic carbocycles. The van der Waals surface area contributed by atoms with Gasteiger partial charge in [-0.25, -0.2) is 19.9 Å². The average Bonchev–Trinajstić information content (AvgIpc) is 1.04. The Morgan fingerprint density at radius 1 is 0.466 bits per heavy atom. The number of fused-ring (bicyclic) bond motifs is 3. The monoisotopic (exact) mass is 1700 g/mol. The van der Waals surface area contributed by atoms with Crippen LogP contribution in [0.1, 0.15) is 155 Å². The highest BCUT2D eigenvalue weighted by atomic mass is 35.5. The van der Waals surface area contributed by atoms with Crippen LogP contribution in [0.3, 0.4) is 0 Å². The van der Waals surface area contributed by atoms with Gasteiger partial charge in [-0.05, 0) is 303 Å². The minimum atomic E-state index is 0.206. The van der Waals surface area contributed by atoms with Crippen LogP contribution in [0.25, 0.3) is 0 Å². The fourth-order valence-electron chi connectivity index (χ4n) is 11.1. The molecule has 0 radical (unpaired) electrons. The number of ether oxygens (including phenoxy) is 4. The molecule has 0 fully saturated rings. The average molecular weight is 1710 g/mol. The van der Waals surface area contributed by atoms with E-state index < -0.39 is 0 Å². The summed E-state index contributed by atoms with van der Waals surface area (Å²) >= 11 is 22.2. The van der Waals surface area contributed by atoms with E-state index in [2.05, 4.69) is 314 Å². The first-order valence-corrected chi connectivity index (χ1v) is 44.4. The Morgan fingerprint density at radius 2 is 0.853 bits per heavy atom. The highest BCUT2D eigenvalue weighted by Gasteiger charge is 2.20. The van der Waals surface area contributed by atoms with E-state index in [9.17, 15) is 0 Å². The summed E-state index contributed by atoms with van der Waals surface area (Å²) in [6.07, 6.45) is 10.8. The normalized spacial score (nSPS) is 11.6. The second kappa shape index (κ2) is 56.5. The van der Waals surface area contributed by atoms with Crippen LogP contribution in [0.4, 0.5) is 45.6 Å². The minimum Gasteiger partial charge on any atom is -0.497 e. The molecule has 0 spiro atoms. The number of hydrogen-bond donors (Lipinski definition) is 6. The first kappa shape index (κ1) is 104. The molecule has 24 heteroatoms. The Bertz CT molecular complexity index is 4110. The van der Waals surface area contributed by atoms with Crippen molar-refractivity contribution in [2.45, 2.75) is 193 Å². The van der Waals surface area contributed by atoms with Gasteiger partial charge in [0.1, 0.15) is 46.0 Å². The van der Waals surface area contributed by atoms with Gasteiger partial charge in [-0.3, -0.25) is 0 Å². The molecule has 3 aliphatic heterocycles. The molecule has 3 aliphatic rings. The van der Waals surface area contributed by atoms with Gasteiger partial charge < -0.3 is 71.7 Å². The maximum atomic E-state index is 5.76. The molecule has 12 rings (SSSR count). The van der Waals surface area contributed by atoms with Crippen LogP contribution in [0.5, 0.6) is 23.0 Å². The van der Waals surface area contributed by atoms with Crippen molar-refractivity contribution < 1.29 is 18.9 Å². The molecular formula is C92H139Cl3N14O4S3. The van der Waals surface area contributed by atoms with Gasteiger partial charge in [0.05, 0.1) is 27.4 Å². The van der Waals surface area contributed by atoms with Crippen molar-refractivity contribution in [2.75, 3.05) is 144 Å². The van der Waals surface area contributed by atoms with Crippen LogP contribution in [0.2, 0.25) is 15.5 Å². The topological polar surface area (TPSA) is 216 Å². The van der Waals surface area contributed by atoms with Gasteiger partial charge in [0.25, 0.3) is 0 Å². The second-order valence-corrected chi connectivity index (χ2v) is 33.2. The molecule has 0 saturated carbocycles. The van der Waals surface area contributed by atoms with Gasteiger partial charge in [0.2, 0.25) is 0 Å². The number of thioether (sulfide) groups is 3. The van der Waals surface area contributed by atoms with Gasteiger partial charge in [-0.1, -0.05) is 86.8 Å². The predicted octanol–water partition coefficient (Wildman–Crippen LogP) is 22.8. The zero-order chi connectivity index (χ0) is 87.3. The molecule has 0 saturated heterocycles. The van der Waals surface area contributed by atoms with Gasteiger partial charge >= 0.3 is 0 Å². The summed E-state index contributed by atoms with van der Waals surface area (Å²) in [5.74, 6) is 7.07. The number of methoxy groups -OCH3 is 2. The van der Waals surface area contributed by atoms with Crippen LogP contribution in [0, 0.1) is 13.8 Å². The molecule has 0 unspecified atom stereocenters. The predicted molar refractivity (Wildman–Crippen MR) is 512 cm³/mol. The van der Waals surface area contributed by atoms with E-state index >= 15 is 0 Å². The largest absolute Gasteiger partial charge is 0.497 e. The molecule has 9 N–H and O–H groups in total. The summed E-state index contributed by atoms with van der Waals surface area (Å²) in [5, 5.41) is 10.1. The highest BCUT2D eigenvalue weighted by Crippen LogP contribution is 2.34. The SMILES string of the molecule is CC(C)N(C)c1ccc2c(c1)CCO2.CC(C)c1ccc2c(c1)CCO2.CN.CNC.COc1ccc(NC(C)C)cc1.COc1ccc2c(c1)CCCN2C(C)C.CSc1ccc(C(C)C)cc1.CSc1ccc(N(C)C(C)C)cc1.CSc1ccc(NC(C)C)cc1.Cc1nc(Cl)c(N)c(Cl)n1.Cc1nc(Cl)c(N)c(N(C)C)n1. The van der Waals surface area contributed by atoms with Crippen molar-refractivity contribution in [1.29, 1.82) is 0 Å². The van der Waals surface area contributed by atoms with E-state index in [-0.39, 0.29) is 16.0 Å². The molecule has 0 aliphatic carbocycles. The lowest BCUT2D eigenvalue weighted by Crippen LogP contribution is -2.35. The van der Waals surface area contributed by atoms with Crippen molar-refractivity contribution in [2.24, 2.45) is 5.73 Å². The van der Waals surface area contributed by atoms with E-state index in [0.29, 0.717) is 70.4 Å². The van der Waals surface area contributed by atoms with Crippen LogP contribution in [-0.4, -0.2) is 152 Å². The Balaban J connectivity index is 0.000000440. The lowest BCUT2D eigenvalue weighted by molar-refractivity contribution is 0.356. The number of anilines is 8. The minimum absolute atomic E-state index is 0.206. The highest BCUT2D eigenvalue weighted by molar-refractivity contribution is 7.99. The van der Waals surface area contributed by atoms with E-state index in [4.69, 9.17) is 65.2 Å². The van der Waals surface area contributed by atoms with Crippen LogP contribution < -0.4 is 71.7 Å². The number of halogens is 3. The zero-order valence-corrected chi connectivity index (χ0v) is 79.4. The number of nitrogens with zero attached hydrogens (tertiary/aromatic N) is 8. The van der Waals surface area contributed by atoms with Gasteiger partial charge in [0, 0.05) is 121 Å². The molecule has 5 heterocycles. The molecule has 9 aromatic rings. The van der Waals surface area contributed by atoms with E-state index in [1.54, 1.807) is 68.3 Å². The molecule has 0 atom stereocenters. The smallest absolute Gasteiger partial charge is 0.157 e. The summed E-state index contributed by atoms with van der Waals surface area (Å²) in [5.41, 5.74) is 29.4. The molecule has 0 bridgehead atoms. The third-order valence-corrected chi connectivity index (χ3v) is 20.9. The number of nitrogen functional groups attached to an aromatic ring is 2. The molecule has 116 heavy (non-hydrogen) atoms. The summed E-state index contributed by atoms with van der Waals surface area (Å²) < 4.78 is 21.2. The second-order valence-electron chi connectivity index (χ2n) is 29.4. The maximum Gasteiger partial charge on any atom is 0.157 e. The molecular weight excluding hydrogens is 1570 g/mol. The number of benzene rings is 7. The number of hydrogen-bond acceptors (Lipinski definition) is 21. The third-order valence-electron chi connectivity index (χ3n) is 17.8. The molecule has 640 valence electrons. The molecule has 18 nitrogen and oxygen atoms in total. The Kier molecular flexibility index (Phi) is 50.8. The number of nitrogens with two attached hydrogens (primary N) is 3. The van der Waals surface area contributed by atoms with Crippen molar-refractivity contribution in [3.05, 3.63) is 207 Å². The lowest BCUT2D eigenvalue weighted by atomic mass is 10.00. The van der Waals surface area contributed by atoms with Crippen molar-refractivity contribution in [3.63, 3.8) is 0 Å². The standard InChI is InChI=1S/C13H19NO.C12H17NO.C11H17NS.C11H14O.C10H15NO.C10H15NS.C10H14S.C7H11ClN4.C5H5Cl2N3.C2H7N.CH5N/c1-10(2)14-8-4-5-11-9-12(15-3)6-7-13(11)14;1-9(2)13(3)11-4-5-12-10(8-11)6-7-14-12;1-9(2)12(3)10-5-7-11(13-4)8-6-10;1-8(2)9-3-4-11-10(7-9)5-6-12-11;2*1-8(2)11-9-4-6-10(12-3)7-5-9;1-8(2)9-4-6-10(11-3)7-5-9;1-4-10-6(8)5(9)7(11-4)12(2)3;1-2-9-4(6)3(8)5(7)10-2;1-3-2;1-2/h6-7,9-10H,4-5,8H2,1-3H3;4-5,8-9H,6-7H2,1-3H3;5-9H,1-4H3;3-4,7-8H,5-6H2,1-2H3;2*4-8,11H,1-3H3;4-8H,1-3H3;9H2,1-3H3;8H2,1H3;3H,1-2H3;2H2,1H3. The van der Waals surface area contributed by atoms with Crippen LogP contribution in [0.15, 0.2) is 166 Å². The zero-order valence-electron chi connectivity index (χ0n) is 74.7. The summed E-state index contributed by atoms with van der Waals surface area (Å²) in [4.78, 5) is 28.4. The number of rotatable bonds is 17. The Hall–Kier alpha value is -7.86. The first-order chi connectivity index (χ1) is 55.0. The fraction of sp³-hybridized carbons (Fsp3) is 0.457. The molecule has 2 aromatic heterocycles. The number of aryl methyl sites for hydroxylation is 3. The van der Waals surface area contributed by atoms with E-state index in [1.807, 2.05) is 52.5 Å². The van der Waals surface area contributed by atoms with Crippen molar-refractivity contribution in [1.82, 2.24) is 25.3 Å². The maximum absolute atomic E-state index is 5.76.